The van der Waals surface area contributed by atoms with Crippen LogP contribution >= 0.6 is 11.6 Å². The summed E-state index contributed by atoms with van der Waals surface area (Å²) in [6.07, 6.45) is -4.42. The summed E-state index contributed by atoms with van der Waals surface area (Å²) in [7, 11) is 0. The van der Waals surface area contributed by atoms with E-state index in [-0.39, 0.29) is 11.5 Å². The number of alkyl halides is 3. The van der Waals surface area contributed by atoms with E-state index >= 15 is 0 Å². The molecular formula is C13H9ClF3NO. The maximum Gasteiger partial charge on any atom is 0.416 e. The largest absolute Gasteiger partial charge is 0.455 e. The van der Waals surface area contributed by atoms with Crippen molar-refractivity contribution >= 4 is 17.3 Å². The van der Waals surface area contributed by atoms with Gasteiger partial charge in [-0.05, 0) is 30.3 Å². The van der Waals surface area contributed by atoms with Crippen LogP contribution in [0.3, 0.4) is 0 Å². The van der Waals surface area contributed by atoms with Crippen LogP contribution in [0.1, 0.15) is 5.56 Å². The molecule has 100 valence electrons. The van der Waals surface area contributed by atoms with E-state index in [4.69, 9.17) is 22.1 Å². The molecule has 0 spiro atoms. The van der Waals surface area contributed by atoms with Crippen molar-refractivity contribution in [3.63, 3.8) is 0 Å². The first-order valence-corrected chi connectivity index (χ1v) is 5.64. The molecule has 19 heavy (non-hydrogen) atoms. The molecule has 0 bridgehead atoms. The van der Waals surface area contributed by atoms with Crippen molar-refractivity contribution in [3.05, 3.63) is 53.1 Å². The normalized spacial score (nSPS) is 11.4. The fourth-order valence-corrected chi connectivity index (χ4v) is 1.62. The summed E-state index contributed by atoms with van der Waals surface area (Å²) in [4.78, 5) is 0. The van der Waals surface area contributed by atoms with Gasteiger partial charge in [-0.1, -0.05) is 17.7 Å². The molecule has 0 atom stereocenters. The van der Waals surface area contributed by atoms with E-state index in [0.29, 0.717) is 10.7 Å². The number of benzene rings is 2. The van der Waals surface area contributed by atoms with Gasteiger partial charge in [-0.3, -0.25) is 0 Å². The van der Waals surface area contributed by atoms with Gasteiger partial charge in [0.05, 0.1) is 11.3 Å². The Balaban J connectivity index is 2.31. The second-order valence-corrected chi connectivity index (χ2v) is 4.25. The summed E-state index contributed by atoms with van der Waals surface area (Å²) in [5, 5.41) is 0.385. The van der Waals surface area contributed by atoms with Crippen LogP contribution in [0.5, 0.6) is 11.5 Å². The first kappa shape index (κ1) is 13.5. The van der Waals surface area contributed by atoms with Gasteiger partial charge in [0.25, 0.3) is 0 Å². The van der Waals surface area contributed by atoms with Crippen LogP contribution in [0.15, 0.2) is 42.5 Å². The van der Waals surface area contributed by atoms with E-state index in [0.717, 1.165) is 12.1 Å². The van der Waals surface area contributed by atoms with Gasteiger partial charge in [0.1, 0.15) is 5.75 Å². The maximum atomic E-state index is 12.5. The van der Waals surface area contributed by atoms with Crippen LogP contribution < -0.4 is 10.5 Å². The lowest BCUT2D eigenvalue weighted by Gasteiger charge is -2.11. The van der Waals surface area contributed by atoms with Crippen LogP contribution in [0.2, 0.25) is 5.02 Å². The van der Waals surface area contributed by atoms with Gasteiger partial charge in [-0.2, -0.15) is 13.2 Å². The topological polar surface area (TPSA) is 35.2 Å². The Kier molecular flexibility index (Phi) is 3.57. The van der Waals surface area contributed by atoms with Crippen molar-refractivity contribution in [2.45, 2.75) is 6.18 Å². The predicted molar refractivity (Wildman–Crippen MR) is 67.4 cm³/mol. The zero-order valence-corrected chi connectivity index (χ0v) is 10.3. The van der Waals surface area contributed by atoms with E-state index < -0.39 is 11.7 Å². The smallest absolute Gasteiger partial charge is 0.416 e. The standard InChI is InChI=1S/C13H9ClF3NO/c14-9-4-5-11(18)12(7-9)19-10-3-1-2-8(6-10)13(15,16)17/h1-7H,18H2. The minimum Gasteiger partial charge on any atom is -0.455 e. The molecule has 0 aliphatic carbocycles. The summed E-state index contributed by atoms with van der Waals surface area (Å²) >= 11 is 5.77. The Morgan fingerprint density at radius 1 is 1.05 bits per heavy atom. The minimum atomic E-state index is -4.42. The van der Waals surface area contributed by atoms with Crippen molar-refractivity contribution in [2.75, 3.05) is 5.73 Å². The molecule has 0 aromatic heterocycles. The molecule has 0 radical (unpaired) electrons. The number of anilines is 1. The molecule has 2 aromatic rings. The van der Waals surface area contributed by atoms with Crippen molar-refractivity contribution < 1.29 is 17.9 Å². The summed E-state index contributed by atoms with van der Waals surface area (Å²) in [5.41, 5.74) is 5.16. The third-order valence-electron chi connectivity index (χ3n) is 2.36. The number of nitrogen functional groups attached to an aromatic ring is 1. The van der Waals surface area contributed by atoms with E-state index in [1.807, 2.05) is 0 Å². The van der Waals surface area contributed by atoms with Crippen LogP contribution in [-0.4, -0.2) is 0 Å². The molecule has 0 saturated heterocycles. The van der Waals surface area contributed by atoms with Gasteiger partial charge >= 0.3 is 6.18 Å². The number of ether oxygens (including phenoxy) is 1. The van der Waals surface area contributed by atoms with Crippen LogP contribution in [-0.2, 0) is 6.18 Å². The highest BCUT2D eigenvalue weighted by Crippen LogP contribution is 2.34. The van der Waals surface area contributed by atoms with Gasteiger partial charge in [-0.25, -0.2) is 0 Å². The summed E-state index contributed by atoms with van der Waals surface area (Å²) < 4.78 is 43.0. The average Bonchev–Trinajstić information content (AvgIpc) is 2.33. The van der Waals surface area contributed by atoms with Crippen molar-refractivity contribution in [1.29, 1.82) is 0 Å². The average molecular weight is 288 g/mol. The Bertz CT molecular complexity index is 599. The third-order valence-corrected chi connectivity index (χ3v) is 2.60. The van der Waals surface area contributed by atoms with Crippen LogP contribution in [0, 0.1) is 0 Å². The maximum absolute atomic E-state index is 12.5. The third kappa shape index (κ3) is 3.32. The molecule has 0 unspecified atom stereocenters. The molecule has 0 saturated carbocycles. The van der Waals surface area contributed by atoms with Gasteiger partial charge in [-0.15, -0.1) is 0 Å². The van der Waals surface area contributed by atoms with E-state index in [9.17, 15) is 13.2 Å². The number of halogens is 4. The lowest BCUT2D eigenvalue weighted by Crippen LogP contribution is -2.04. The SMILES string of the molecule is Nc1ccc(Cl)cc1Oc1cccc(C(F)(F)F)c1. The summed E-state index contributed by atoms with van der Waals surface area (Å²) in [5.74, 6) is 0.260. The molecule has 0 aliphatic rings. The minimum absolute atomic E-state index is 0.0452. The molecular weight excluding hydrogens is 279 g/mol. The molecule has 2 aromatic carbocycles. The van der Waals surface area contributed by atoms with Crippen molar-refractivity contribution in [3.8, 4) is 11.5 Å². The molecule has 0 amide bonds. The number of hydrogen-bond donors (Lipinski definition) is 1. The molecule has 0 aliphatic heterocycles. The van der Waals surface area contributed by atoms with Crippen LogP contribution in [0.25, 0.3) is 0 Å². The Morgan fingerprint density at radius 3 is 2.47 bits per heavy atom. The van der Waals surface area contributed by atoms with Gasteiger partial charge in [0.15, 0.2) is 5.75 Å². The number of hydrogen-bond acceptors (Lipinski definition) is 2. The van der Waals surface area contributed by atoms with E-state index in [2.05, 4.69) is 0 Å². The Labute approximate surface area is 112 Å². The second kappa shape index (κ2) is 5.01. The summed E-state index contributed by atoms with van der Waals surface area (Å²) in [6.45, 7) is 0. The quantitative estimate of drug-likeness (QED) is 0.810. The zero-order valence-electron chi connectivity index (χ0n) is 9.54. The molecule has 2 rings (SSSR count). The fraction of sp³-hybridized carbons (Fsp3) is 0.0769. The first-order chi connectivity index (χ1) is 8.86. The van der Waals surface area contributed by atoms with E-state index in [1.165, 1.54) is 24.3 Å². The zero-order chi connectivity index (χ0) is 14.0. The monoisotopic (exact) mass is 287 g/mol. The number of nitrogens with two attached hydrogens (primary N) is 1. The highest BCUT2D eigenvalue weighted by molar-refractivity contribution is 6.30. The first-order valence-electron chi connectivity index (χ1n) is 5.26. The fourth-order valence-electron chi connectivity index (χ4n) is 1.46. The molecule has 0 fully saturated rings. The van der Waals surface area contributed by atoms with Crippen molar-refractivity contribution in [1.82, 2.24) is 0 Å². The van der Waals surface area contributed by atoms with E-state index in [1.54, 1.807) is 6.07 Å². The number of rotatable bonds is 2. The highest BCUT2D eigenvalue weighted by atomic mass is 35.5. The van der Waals surface area contributed by atoms with Crippen LogP contribution in [0.4, 0.5) is 18.9 Å². The van der Waals surface area contributed by atoms with Crippen molar-refractivity contribution in [2.24, 2.45) is 0 Å². The molecule has 2 N–H and O–H groups in total. The summed E-state index contributed by atoms with van der Waals surface area (Å²) in [6, 6.07) is 9.07. The Morgan fingerprint density at radius 2 is 1.79 bits per heavy atom. The van der Waals surface area contributed by atoms with Gasteiger partial charge in [0.2, 0.25) is 0 Å². The second-order valence-electron chi connectivity index (χ2n) is 3.81. The lowest BCUT2D eigenvalue weighted by molar-refractivity contribution is -0.137. The highest BCUT2D eigenvalue weighted by Gasteiger charge is 2.30. The van der Waals surface area contributed by atoms with Gasteiger partial charge < -0.3 is 10.5 Å². The lowest BCUT2D eigenvalue weighted by atomic mass is 10.2. The molecule has 2 nitrogen and oxygen atoms in total. The Hall–Kier alpha value is -1.88. The predicted octanol–water partition coefficient (Wildman–Crippen LogP) is 4.73. The molecule has 6 heteroatoms. The molecule has 0 heterocycles. The van der Waals surface area contributed by atoms with Gasteiger partial charge in [0, 0.05) is 11.1 Å².